The third kappa shape index (κ3) is 5.78. The monoisotopic (exact) mass is 742 g/mol. The predicted molar refractivity (Wildman–Crippen MR) is 164 cm³/mol. The van der Waals surface area contributed by atoms with Crippen molar-refractivity contribution in [1.29, 1.82) is 0 Å². The number of carbonyl (C=O) groups is 2. The molecular formula is C28H23F4IN6O6. The van der Waals surface area contributed by atoms with Crippen molar-refractivity contribution in [2.75, 3.05) is 17.4 Å². The normalized spacial score (nSPS) is 13.1. The van der Waals surface area contributed by atoms with Crippen molar-refractivity contribution in [1.82, 2.24) is 19.0 Å². The topological polar surface area (TPSA) is 137 Å². The van der Waals surface area contributed by atoms with E-state index < -0.39 is 52.5 Å². The van der Waals surface area contributed by atoms with Crippen LogP contribution in [0.5, 0.6) is 0 Å². The number of hydroxylamine groups is 1. The van der Waals surface area contributed by atoms with Crippen molar-refractivity contribution in [2.24, 2.45) is 7.05 Å². The number of fused-ring (bicyclic) bond motifs is 1. The quantitative estimate of drug-likeness (QED) is 0.178. The SMILES string of the molecule is CNC(=O)N(OC(=O)C(F)(F)F)c1cccc(-n2c(=O)n(C3CC3)c(=O)c3c(Nc4ccc(I)cc4F)n(C)c(=O)c(C)c32)c1. The zero-order valence-corrected chi connectivity index (χ0v) is 25.8. The van der Waals surface area contributed by atoms with Crippen LogP contribution < -0.4 is 32.5 Å². The second-order valence-electron chi connectivity index (χ2n) is 10.1. The first kappa shape index (κ1) is 31.7. The zero-order chi connectivity index (χ0) is 33.0. The van der Waals surface area contributed by atoms with Crippen molar-refractivity contribution in [2.45, 2.75) is 32.0 Å². The fraction of sp³-hybridized carbons (Fsp3) is 0.250. The molecule has 1 aliphatic carbocycles. The Morgan fingerprint density at radius 2 is 1.76 bits per heavy atom. The van der Waals surface area contributed by atoms with Crippen LogP contribution in [-0.4, -0.2) is 38.9 Å². The number of benzene rings is 2. The Morgan fingerprint density at radius 1 is 1.07 bits per heavy atom. The largest absolute Gasteiger partial charge is 0.493 e. The number of amides is 2. The van der Waals surface area contributed by atoms with Gasteiger partial charge in [-0.15, -0.1) is 5.06 Å². The third-order valence-corrected chi connectivity index (χ3v) is 7.74. The van der Waals surface area contributed by atoms with Crippen LogP contribution in [0.3, 0.4) is 0 Å². The van der Waals surface area contributed by atoms with Gasteiger partial charge in [0.1, 0.15) is 17.0 Å². The number of hydrogen-bond donors (Lipinski definition) is 2. The highest BCUT2D eigenvalue weighted by Crippen LogP contribution is 2.34. The van der Waals surface area contributed by atoms with Crippen molar-refractivity contribution in [3.63, 3.8) is 0 Å². The number of anilines is 3. The van der Waals surface area contributed by atoms with Gasteiger partial charge in [-0.2, -0.15) is 13.2 Å². The van der Waals surface area contributed by atoms with Gasteiger partial charge in [-0.05, 0) is 78.8 Å². The van der Waals surface area contributed by atoms with Gasteiger partial charge < -0.3 is 15.5 Å². The van der Waals surface area contributed by atoms with Crippen LogP contribution in [0.15, 0.2) is 56.8 Å². The lowest BCUT2D eigenvalue weighted by Gasteiger charge is -2.23. The fourth-order valence-electron chi connectivity index (χ4n) is 4.78. The lowest BCUT2D eigenvalue weighted by atomic mass is 10.1. The summed E-state index contributed by atoms with van der Waals surface area (Å²) in [5, 5.41) is 4.80. The van der Waals surface area contributed by atoms with Gasteiger partial charge in [-0.1, -0.05) is 6.07 Å². The predicted octanol–water partition coefficient (Wildman–Crippen LogP) is 4.15. The van der Waals surface area contributed by atoms with Crippen molar-refractivity contribution in [3.8, 4) is 5.69 Å². The fourth-order valence-corrected chi connectivity index (χ4v) is 5.23. The summed E-state index contributed by atoms with van der Waals surface area (Å²) < 4.78 is 57.7. The molecule has 17 heteroatoms. The van der Waals surface area contributed by atoms with E-state index in [1.807, 2.05) is 22.6 Å². The van der Waals surface area contributed by atoms with E-state index in [4.69, 9.17) is 0 Å². The molecule has 12 nitrogen and oxygen atoms in total. The maximum Gasteiger partial charge on any atom is 0.493 e. The van der Waals surface area contributed by atoms with Crippen molar-refractivity contribution < 1.29 is 32.0 Å². The highest BCUT2D eigenvalue weighted by Gasteiger charge is 2.44. The van der Waals surface area contributed by atoms with Crippen LogP contribution in [0.1, 0.15) is 24.4 Å². The average Bonchev–Trinajstić information content (AvgIpc) is 3.82. The molecule has 0 spiro atoms. The van der Waals surface area contributed by atoms with E-state index in [9.17, 15) is 41.5 Å². The summed E-state index contributed by atoms with van der Waals surface area (Å²) in [5.74, 6) is -3.47. The highest BCUT2D eigenvalue weighted by atomic mass is 127. The number of rotatable bonds is 5. The van der Waals surface area contributed by atoms with Gasteiger partial charge in [-0.25, -0.2) is 18.8 Å². The molecule has 0 saturated heterocycles. The molecule has 2 aromatic carbocycles. The van der Waals surface area contributed by atoms with E-state index in [0.717, 1.165) is 32.9 Å². The molecule has 1 aliphatic rings. The second kappa shape index (κ2) is 11.7. The number of nitrogens with one attached hydrogen (secondary N) is 2. The number of nitrogens with zero attached hydrogens (tertiary/aromatic N) is 4. The van der Waals surface area contributed by atoms with Gasteiger partial charge >= 0.3 is 23.9 Å². The minimum Gasteiger partial charge on any atom is -0.338 e. The number of aryl methyl sites for hydroxylation is 1. The van der Waals surface area contributed by atoms with Crippen molar-refractivity contribution in [3.05, 3.63) is 88.6 Å². The smallest absolute Gasteiger partial charge is 0.338 e. The van der Waals surface area contributed by atoms with Crippen LogP contribution in [0, 0.1) is 16.3 Å². The van der Waals surface area contributed by atoms with E-state index in [0.29, 0.717) is 16.4 Å². The van der Waals surface area contributed by atoms with Crippen LogP contribution in [0.2, 0.25) is 0 Å². The lowest BCUT2D eigenvalue weighted by Crippen LogP contribution is -2.43. The van der Waals surface area contributed by atoms with Crippen molar-refractivity contribution >= 4 is 62.7 Å². The summed E-state index contributed by atoms with van der Waals surface area (Å²) in [4.78, 5) is 69.9. The number of pyridine rings is 1. The molecule has 236 valence electrons. The van der Waals surface area contributed by atoms with Gasteiger partial charge in [0.05, 0.1) is 22.6 Å². The summed E-state index contributed by atoms with van der Waals surface area (Å²) in [6.07, 6.45) is -4.44. The molecule has 0 unspecified atom stereocenters. The summed E-state index contributed by atoms with van der Waals surface area (Å²) in [5.41, 5.74) is -3.00. The molecule has 4 aromatic rings. The maximum absolute atomic E-state index is 14.9. The van der Waals surface area contributed by atoms with Crippen LogP contribution in [0.4, 0.5) is 39.5 Å². The van der Waals surface area contributed by atoms with E-state index >= 15 is 0 Å². The number of alkyl halides is 3. The number of halogens is 5. The molecule has 2 heterocycles. The van der Waals surface area contributed by atoms with E-state index in [1.54, 1.807) is 6.07 Å². The standard InChI is InChI=1S/C28H23F4IN6O6/c1-13-21-20(22(36(3)23(13)40)35-19-10-7-14(33)11-18(19)29)24(41)38(15-8-9-15)27(44)37(21)16-5-4-6-17(12-16)39(26(43)34-2)45-25(42)28(30,31)32/h4-7,10-12,15,35H,8-9H2,1-3H3,(H,34,43). The number of carbonyl (C=O) groups excluding carboxylic acids is 2. The molecule has 0 atom stereocenters. The van der Waals surface area contributed by atoms with Gasteiger partial charge in [0, 0.05) is 29.3 Å². The van der Waals surface area contributed by atoms with Gasteiger partial charge in [0.25, 0.3) is 11.1 Å². The molecule has 1 saturated carbocycles. The Hall–Kier alpha value is -4.68. The Morgan fingerprint density at radius 3 is 2.36 bits per heavy atom. The molecule has 0 aliphatic heterocycles. The molecule has 2 N–H and O–H groups in total. The number of hydrogen-bond acceptors (Lipinski definition) is 7. The number of aromatic nitrogens is 3. The minimum atomic E-state index is -5.44. The Kier molecular flexibility index (Phi) is 8.23. The molecular weight excluding hydrogens is 719 g/mol. The first-order valence-electron chi connectivity index (χ1n) is 13.2. The van der Waals surface area contributed by atoms with Crippen LogP contribution in [0.25, 0.3) is 16.6 Å². The first-order chi connectivity index (χ1) is 21.1. The highest BCUT2D eigenvalue weighted by molar-refractivity contribution is 14.1. The summed E-state index contributed by atoms with van der Waals surface area (Å²) >= 11 is 1.92. The Balaban J connectivity index is 1.82. The van der Waals surface area contributed by atoms with Gasteiger partial charge in [-0.3, -0.25) is 23.3 Å². The van der Waals surface area contributed by atoms with Gasteiger partial charge in [0.2, 0.25) is 0 Å². The molecule has 5 rings (SSSR count). The van der Waals surface area contributed by atoms with E-state index in [1.165, 1.54) is 38.2 Å². The molecule has 2 aromatic heterocycles. The second-order valence-corrected chi connectivity index (χ2v) is 11.3. The number of urea groups is 1. The van der Waals surface area contributed by atoms with E-state index in [-0.39, 0.29) is 38.7 Å². The average molecular weight is 742 g/mol. The first-order valence-corrected chi connectivity index (χ1v) is 14.3. The summed E-state index contributed by atoms with van der Waals surface area (Å²) in [6.45, 7) is 1.38. The maximum atomic E-state index is 14.9. The molecule has 0 radical (unpaired) electrons. The minimum absolute atomic E-state index is 0.0460. The summed E-state index contributed by atoms with van der Waals surface area (Å²) in [7, 11) is 2.46. The molecule has 1 fully saturated rings. The van der Waals surface area contributed by atoms with Crippen LogP contribution >= 0.6 is 22.6 Å². The summed E-state index contributed by atoms with van der Waals surface area (Å²) in [6, 6.07) is 7.36. The van der Waals surface area contributed by atoms with E-state index in [2.05, 4.69) is 15.5 Å². The lowest BCUT2D eigenvalue weighted by molar-refractivity contribution is -0.199. The zero-order valence-electron chi connectivity index (χ0n) is 23.7. The molecule has 45 heavy (non-hydrogen) atoms. The molecule has 2 amide bonds. The Bertz CT molecular complexity index is 2070. The Labute approximate surface area is 263 Å². The third-order valence-electron chi connectivity index (χ3n) is 7.07. The van der Waals surface area contributed by atoms with Gasteiger partial charge in [0.15, 0.2) is 0 Å². The molecule has 0 bridgehead atoms. The van der Waals surface area contributed by atoms with Crippen LogP contribution in [-0.2, 0) is 16.7 Å².